The number of rotatable bonds is 5. The van der Waals surface area contributed by atoms with Gasteiger partial charge >= 0.3 is 5.97 Å². The zero-order valence-electron chi connectivity index (χ0n) is 12.2. The summed E-state index contributed by atoms with van der Waals surface area (Å²) in [5, 5.41) is 7.82. The van der Waals surface area contributed by atoms with Gasteiger partial charge in [0.15, 0.2) is 6.61 Å². The number of amides is 1. The van der Waals surface area contributed by atoms with Crippen molar-refractivity contribution in [1.82, 2.24) is 5.32 Å². The first-order valence-corrected chi connectivity index (χ1v) is 9.40. The molecule has 0 aliphatic heterocycles. The van der Waals surface area contributed by atoms with Crippen molar-refractivity contribution in [2.75, 3.05) is 6.61 Å². The Bertz CT molecular complexity index is 714. The maximum Gasteiger partial charge on any atom is 0.339 e. The van der Waals surface area contributed by atoms with E-state index in [1.807, 2.05) is 0 Å². The maximum absolute atomic E-state index is 12.0. The van der Waals surface area contributed by atoms with Crippen molar-refractivity contribution in [3.8, 4) is 0 Å². The average molecular weight is 405 g/mol. The van der Waals surface area contributed by atoms with Crippen LogP contribution in [-0.4, -0.2) is 32.9 Å². The van der Waals surface area contributed by atoms with Crippen LogP contribution in [0.1, 0.15) is 36.0 Å². The standard InChI is InChI=1S/C14H17BrN2O5S/c15-12-6-5-10(23(16,20)21)7-11(12)14(19)22-8-13(18)17-9-3-1-2-4-9/h5-7,9H,1-4,8H2,(H,17,18)(H2,16,20,21). The van der Waals surface area contributed by atoms with Crippen LogP contribution < -0.4 is 10.5 Å². The highest BCUT2D eigenvalue weighted by atomic mass is 79.9. The zero-order chi connectivity index (χ0) is 17.0. The SMILES string of the molecule is NS(=O)(=O)c1ccc(Br)c(C(=O)OCC(=O)NC2CCCC2)c1. The fourth-order valence-corrected chi connectivity index (χ4v) is 3.33. The number of carbonyl (C=O) groups excluding carboxylic acids is 2. The highest BCUT2D eigenvalue weighted by Gasteiger charge is 2.20. The van der Waals surface area contributed by atoms with Crippen molar-refractivity contribution < 1.29 is 22.7 Å². The molecule has 0 radical (unpaired) electrons. The molecule has 0 unspecified atom stereocenters. The van der Waals surface area contributed by atoms with E-state index in [9.17, 15) is 18.0 Å². The lowest BCUT2D eigenvalue weighted by Gasteiger charge is -2.12. The molecule has 1 saturated carbocycles. The molecule has 1 fully saturated rings. The summed E-state index contributed by atoms with van der Waals surface area (Å²) >= 11 is 3.14. The molecule has 0 bridgehead atoms. The first kappa shape index (κ1) is 17.9. The lowest BCUT2D eigenvalue weighted by atomic mass is 10.2. The molecule has 1 aliphatic carbocycles. The number of esters is 1. The van der Waals surface area contributed by atoms with Crippen LogP contribution in [0.2, 0.25) is 0 Å². The molecule has 1 aliphatic rings. The van der Waals surface area contributed by atoms with E-state index in [0.29, 0.717) is 4.47 Å². The number of nitrogens with one attached hydrogen (secondary N) is 1. The van der Waals surface area contributed by atoms with E-state index >= 15 is 0 Å². The normalized spacial score (nSPS) is 15.4. The van der Waals surface area contributed by atoms with Crippen molar-refractivity contribution in [3.63, 3.8) is 0 Å². The third kappa shape index (κ3) is 5.02. The van der Waals surface area contributed by atoms with Gasteiger partial charge in [-0.2, -0.15) is 0 Å². The summed E-state index contributed by atoms with van der Waals surface area (Å²) in [5.74, 6) is -1.17. The summed E-state index contributed by atoms with van der Waals surface area (Å²) in [6.45, 7) is -0.415. The summed E-state index contributed by atoms with van der Waals surface area (Å²) in [7, 11) is -3.93. The molecule has 1 aromatic carbocycles. The monoisotopic (exact) mass is 404 g/mol. The molecule has 0 atom stereocenters. The van der Waals surface area contributed by atoms with Crippen molar-refractivity contribution in [1.29, 1.82) is 0 Å². The Labute approximate surface area is 142 Å². The molecule has 1 amide bonds. The molecular formula is C14H17BrN2O5S. The molecule has 2 rings (SSSR count). The van der Waals surface area contributed by atoms with E-state index in [1.165, 1.54) is 12.1 Å². The molecule has 0 spiro atoms. The second-order valence-electron chi connectivity index (χ2n) is 5.31. The van der Waals surface area contributed by atoms with Crippen molar-refractivity contribution in [3.05, 3.63) is 28.2 Å². The quantitative estimate of drug-likeness (QED) is 0.717. The molecule has 0 aromatic heterocycles. The molecule has 3 N–H and O–H groups in total. The minimum absolute atomic E-state index is 0.00908. The fraction of sp³-hybridized carbons (Fsp3) is 0.429. The van der Waals surface area contributed by atoms with Gasteiger partial charge in [-0.15, -0.1) is 0 Å². The number of ether oxygens (including phenoxy) is 1. The molecule has 9 heteroatoms. The van der Waals surface area contributed by atoms with E-state index in [4.69, 9.17) is 9.88 Å². The Hall–Kier alpha value is -1.45. The number of benzene rings is 1. The first-order valence-electron chi connectivity index (χ1n) is 7.06. The van der Waals surface area contributed by atoms with Crippen LogP contribution in [0, 0.1) is 0 Å². The molecule has 1 aromatic rings. The van der Waals surface area contributed by atoms with E-state index in [-0.39, 0.29) is 22.4 Å². The molecule has 0 heterocycles. The predicted octanol–water partition coefficient (Wildman–Crippen LogP) is 1.31. The van der Waals surface area contributed by atoms with Crippen molar-refractivity contribution >= 4 is 37.8 Å². The average Bonchev–Trinajstić information content (AvgIpc) is 2.97. The number of hydrogen-bond acceptors (Lipinski definition) is 5. The van der Waals surface area contributed by atoms with Crippen LogP contribution in [0.4, 0.5) is 0 Å². The number of carbonyl (C=O) groups is 2. The second kappa shape index (κ2) is 7.41. The smallest absolute Gasteiger partial charge is 0.339 e. The zero-order valence-corrected chi connectivity index (χ0v) is 14.7. The third-order valence-electron chi connectivity index (χ3n) is 3.54. The lowest BCUT2D eigenvalue weighted by molar-refractivity contribution is -0.124. The van der Waals surface area contributed by atoms with Gasteiger partial charge in [0.2, 0.25) is 10.0 Å². The molecule has 7 nitrogen and oxygen atoms in total. The van der Waals surface area contributed by atoms with Crippen LogP contribution in [0.3, 0.4) is 0 Å². The second-order valence-corrected chi connectivity index (χ2v) is 7.73. The van der Waals surface area contributed by atoms with Gasteiger partial charge in [-0.25, -0.2) is 18.4 Å². The molecule has 23 heavy (non-hydrogen) atoms. The Kier molecular flexibility index (Phi) is 5.77. The predicted molar refractivity (Wildman–Crippen MR) is 86.2 cm³/mol. The molecule has 0 saturated heterocycles. The number of sulfonamides is 1. The van der Waals surface area contributed by atoms with Gasteiger partial charge in [0, 0.05) is 10.5 Å². The van der Waals surface area contributed by atoms with Gasteiger partial charge in [-0.3, -0.25) is 4.79 Å². The summed E-state index contributed by atoms with van der Waals surface area (Å²) in [5.41, 5.74) is -0.00908. The molecular weight excluding hydrogens is 388 g/mol. The van der Waals surface area contributed by atoms with Gasteiger partial charge in [0.1, 0.15) is 0 Å². The van der Waals surface area contributed by atoms with Gasteiger partial charge in [0.05, 0.1) is 10.5 Å². The van der Waals surface area contributed by atoms with Crippen LogP contribution in [-0.2, 0) is 19.6 Å². The third-order valence-corrected chi connectivity index (χ3v) is 5.14. The summed E-state index contributed by atoms with van der Waals surface area (Å²) in [4.78, 5) is 23.5. The van der Waals surface area contributed by atoms with Gasteiger partial charge in [-0.1, -0.05) is 12.8 Å². The van der Waals surface area contributed by atoms with Gasteiger partial charge in [-0.05, 0) is 47.0 Å². The van der Waals surface area contributed by atoms with Crippen molar-refractivity contribution in [2.24, 2.45) is 5.14 Å². The van der Waals surface area contributed by atoms with E-state index < -0.39 is 22.6 Å². The first-order chi connectivity index (χ1) is 10.8. The van der Waals surface area contributed by atoms with Crippen LogP contribution >= 0.6 is 15.9 Å². The Morgan fingerprint density at radius 1 is 1.30 bits per heavy atom. The number of hydrogen-bond donors (Lipinski definition) is 2. The Morgan fingerprint density at radius 3 is 2.57 bits per heavy atom. The Morgan fingerprint density at radius 2 is 1.96 bits per heavy atom. The van der Waals surface area contributed by atoms with Crippen molar-refractivity contribution in [2.45, 2.75) is 36.6 Å². The van der Waals surface area contributed by atoms with Gasteiger partial charge < -0.3 is 10.1 Å². The van der Waals surface area contributed by atoms with E-state index in [1.54, 1.807) is 0 Å². The number of primary sulfonamides is 1. The maximum atomic E-state index is 12.0. The number of nitrogens with two attached hydrogens (primary N) is 1. The largest absolute Gasteiger partial charge is 0.452 e. The van der Waals surface area contributed by atoms with E-state index in [2.05, 4.69) is 21.2 Å². The van der Waals surface area contributed by atoms with Gasteiger partial charge in [0.25, 0.3) is 5.91 Å². The van der Waals surface area contributed by atoms with Crippen LogP contribution in [0.15, 0.2) is 27.6 Å². The van der Waals surface area contributed by atoms with E-state index in [0.717, 1.165) is 31.7 Å². The Balaban J connectivity index is 1.98. The number of halogens is 1. The van der Waals surface area contributed by atoms with Crippen LogP contribution in [0.25, 0.3) is 0 Å². The minimum atomic E-state index is -3.93. The highest BCUT2D eigenvalue weighted by molar-refractivity contribution is 9.10. The summed E-state index contributed by atoms with van der Waals surface area (Å²) in [6, 6.07) is 3.90. The topological polar surface area (TPSA) is 116 Å². The van der Waals surface area contributed by atoms with Crippen LogP contribution in [0.5, 0.6) is 0 Å². The highest BCUT2D eigenvalue weighted by Crippen LogP contribution is 2.21. The lowest BCUT2D eigenvalue weighted by Crippen LogP contribution is -2.35. The molecule has 126 valence electrons. The summed E-state index contributed by atoms with van der Waals surface area (Å²) in [6.07, 6.45) is 4.03. The fourth-order valence-electron chi connectivity index (χ4n) is 2.39. The minimum Gasteiger partial charge on any atom is -0.452 e. The summed E-state index contributed by atoms with van der Waals surface area (Å²) < 4.78 is 27.9.